The number of sulfone groups is 1. The summed E-state index contributed by atoms with van der Waals surface area (Å²) in [5.41, 5.74) is 0. The predicted octanol–water partition coefficient (Wildman–Crippen LogP) is 1.25. The summed E-state index contributed by atoms with van der Waals surface area (Å²) in [5.74, 6) is 0.388. The van der Waals surface area contributed by atoms with Crippen molar-refractivity contribution in [2.75, 3.05) is 18.6 Å². The third-order valence-electron chi connectivity index (χ3n) is 3.33. The minimum atomic E-state index is -3.02. The van der Waals surface area contributed by atoms with E-state index in [4.69, 9.17) is 0 Å². The molecule has 0 bridgehead atoms. The van der Waals surface area contributed by atoms with E-state index in [0.29, 0.717) is 12.0 Å². The molecule has 0 saturated heterocycles. The van der Waals surface area contributed by atoms with Crippen LogP contribution in [0.1, 0.15) is 33.6 Å². The summed E-state index contributed by atoms with van der Waals surface area (Å²) >= 11 is 0. The van der Waals surface area contributed by atoms with Crippen LogP contribution in [-0.2, 0) is 9.84 Å². The van der Waals surface area contributed by atoms with Crippen molar-refractivity contribution in [2.45, 2.75) is 45.7 Å². The number of carbonyl (C=O) groups excluding carboxylic acids is 1. The molecule has 18 heavy (non-hydrogen) atoms. The predicted molar refractivity (Wildman–Crippen MR) is 72.3 cm³/mol. The Bertz CT molecular complexity index is 388. The summed E-state index contributed by atoms with van der Waals surface area (Å²) in [6, 6.07) is 0.374. The molecule has 1 atom stereocenters. The van der Waals surface area contributed by atoms with Crippen LogP contribution in [0.2, 0.25) is 0 Å². The highest BCUT2D eigenvalue weighted by atomic mass is 32.2. The minimum Gasteiger partial charge on any atom is -0.337 e. The zero-order chi connectivity index (χ0) is 13.9. The molecule has 0 radical (unpaired) electrons. The van der Waals surface area contributed by atoms with E-state index in [0.717, 1.165) is 12.8 Å². The van der Waals surface area contributed by atoms with Gasteiger partial charge in [0.1, 0.15) is 9.84 Å². The van der Waals surface area contributed by atoms with Gasteiger partial charge in [-0.1, -0.05) is 13.8 Å². The zero-order valence-electron chi connectivity index (χ0n) is 11.6. The summed E-state index contributed by atoms with van der Waals surface area (Å²) in [4.78, 5) is 13.9. The van der Waals surface area contributed by atoms with Crippen LogP contribution in [0.4, 0.5) is 4.79 Å². The van der Waals surface area contributed by atoms with E-state index >= 15 is 0 Å². The van der Waals surface area contributed by atoms with E-state index in [1.54, 1.807) is 0 Å². The molecule has 1 saturated carbocycles. The summed E-state index contributed by atoms with van der Waals surface area (Å²) < 4.78 is 22.0. The van der Waals surface area contributed by atoms with Crippen molar-refractivity contribution in [3.8, 4) is 0 Å². The fraction of sp³-hybridized carbons (Fsp3) is 0.917. The lowest BCUT2D eigenvalue weighted by atomic mass is 10.0. The van der Waals surface area contributed by atoms with Gasteiger partial charge in [-0.05, 0) is 25.7 Å². The lowest BCUT2D eigenvalue weighted by Crippen LogP contribution is -2.49. The summed E-state index contributed by atoms with van der Waals surface area (Å²) in [5, 5.41) is 2.70. The molecule has 1 aliphatic carbocycles. The van der Waals surface area contributed by atoms with Gasteiger partial charge in [0.2, 0.25) is 0 Å². The molecule has 2 amide bonds. The van der Waals surface area contributed by atoms with Gasteiger partial charge in [-0.15, -0.1) is 0 Å². The standard InChI is InChI=1S/C12H24N2O3S/c1-9(2)10(3)14(11-5-6-11)12(15)13-7-8-18(4,16)17/h9-11H,5-8H2,1-4H3,(H,13,15). The van der Waals surface area contributed by atoms with Crippen LogP contribution < -0.4 is 5.32 Å². The molecule has 1 fully saturated rings. The van der Waals surface area contributed by atoms with Gasteiger partial charge in [0, 0.05) is 24.9 Å². The highest BCUT2D eigenvalue weighted by Gasteiger charge is 2.36. The number of hydrogen-bond acceptors (Lipinski definition) is 3. The molecule has 1 rings (SSSR count). The Morgan fingerprint density at radius 1 is 1.33 bits per heavy atom. The SMILES string of the molecule is CC(C)C(C)N(C(=O)NCCS(C)(=O)=O)C1CC1. The first-order valence-electron chi connectivity index (χ1n) is 6.46. The lowest BCUT2D eigenvalue weighted by molar-refractivity contribution is 0.157. The van der Waals surface area contributed by atoms with Crippen LogP contribution in [0.5, 0.6) is 0 Å². The maximum atomic E-state index is 12.1. The van der Waals surface area contributed by atoms with E-state index in [-0.39, 0.29) is 24.4 Å². The van der Waals surface area contributed by atoms with Gasteiger partial charge >= 0.3 is 6.03 Å². The van der Waals surface area contributed by atoms with Crippen LogP contribution in [0.3, 0.4) is 0 Å². The van der Waals surface area contributed by atoms with Crippen molar-refractivity contribution in [2.24, 2.45) is 5.92 Å². The van der Waals surface area contributed by atoms with Gasteiger partial charge in [0.15, 0.2) is 0 Å². The molecule has 0 aromatic carbocycles. The summed E-state index contributed by atoms with van der Waals surface area (Å²) in [6.07, 6.45) is 3.28. The number of amides is 2. The largest absolute Gasteiger partial charge is 0.337 e. The molecule has 0 spiro atoms. The molecule has 1 unspecified atom stereocenters. The number of carbonyl (C=O) groups is 1. The molecule has 1 N–H and O–H groups in total. The maximum Gasteiger partial charge on any atom is 0.317 e. The summed E-state index contributed by atoms with van der Waals surface area (Å²) in [6.45, 7) is 6.40. The van der Waals surface area contributed by atoms with Crippen LogP contribution >= 0.6 is 0 Å². The number of nitrogens with zero attached hydrogens (tertiary/aromatic N) is 1. The van der Waals surface area contributed by atoms with Gasteiger partial charge in [-0.2, -0.15) is 0 Å². The van der Waals surface area contributed by atoms with E-state index < -0.39 is 9.84 Å². The Hall–Kier alpha value is -0.780. The third kappa shape index (κ3) is 4.84. The van der Waals surface area contributed by atoms with Gasteiger partial charge in [-0.25, -0.2) is 13.2 Å². The molecule has 0 aromatic heterocycles. The van der Waals surface area contributed by atoms with Crippen LogP contribution in [0.25, 0.3) is 0 Å². The van der Waals surface area contributed by atoms with Crippen molar-refractivity contribution in [3.05, 3.63) is 0 Å². The Balaban J connectivity index is 2.50. The Labute approximate surface area is 110 Å². The second-order valence-corrected chi connectivity index (χ2v) is 7.74. The van der Waals surface area contributed by atoms with Crippen molar-refractivity contribution in [1.29, 1.82) is 0 Å². The Morgan fingerprint density at radius 2 is 1.89 bits per heavy atom. The van der Waals surface area contributed by atoms with E-state index in [9.17, 15) is 13.2 Å². The van der Waals surface area contributed by atoms with Crippen molar-refractivity contribution >= 4 is 15.9 Å². The first-order valence-corrected chi connectivity index (χ1v) is 8.52. The van der Waals surface area contributed by atoms with E-state index in [1.807, 2.05) is 11.8 Å². The van der Waals surface area contributed by atoms with Gasteiger partial charge in [0.05, 0.1) is 5.75 Å². The average molecular weight is 276 g/mol. The highest BCUT2D eigenvalue weighted by Crippen LogP contribution is 2.30. The third-order valence-corrected chi connectivity index (χ3v) is 4.27. The van der Waals surface area contributed by atoms with Gasteiger partial charge in [-0.3, -0.25) is 0 Å². The van der Waals surface area contributed by atoms with Crippen molar-refractivity contribution < 1.29 is 13.2 Å². The minimum absolute atomic E-state index is 0.00664. The van der Waals surface area contributed by atoms with E-state index in [1.165, 1.54) is 6.26 Å². The average Bonchev–Trinajstić information content (AvgIpc) is 2.99. The topological polar surface area (TPSA) is 66.5 Å². The van der Waals surface area contributed by atoms with Gasteiger partial charge in [0.25, 0.3) is 0 Å². The Morgan fingerprint density at radius 3 is 2.28 bits per heavy atom. The number of hydrogen-bond donors (Lipinski definition) is 1. The molecule has 1 aliphatic rings. The summed E-state index contributed by atoms with van der Waals surface area (Å²) in [7, 11) is -3.02. The molecule has 0 heterocycles. The molecule has 0 aliphatic heterocycles. The van der Waals surface area contributed by atoms with Crippen LogP contribution in [0.15, 0.2) is 0 Å². The molecule has 0 aromatic rings. The normalized spacial score (nSPS) is 17.6. The molecule has 5 nitrogen and oxygen atoms in total. The van der Waals surface area contributed by atoms with Crippen molar-refractivity contribution in [1.82, 2.24) is 10.2 Å². The van der Waals surface area contributed by atoms with Gasteiger partial charge < -0.3 is 10.2 Å². The molecular weight excluding hydrogens is 252 g/mol. The quantitative estimate of drug-likeness (QED) is 0.794. The maximum absolute atomic E-state index is 12.1. The molecule has 106 valence electrons. The van der Waals surface area contributed by atoms with Crippen LogP contribution in [0, 0.1) is 5.92 Å². The highest BCUT2D eigenvalue weighted by molar-refractivity contribution is 7.90. The first kappa shape index (κ1) is 15.3. The monoisotopic (exact) mass is 276 g/mol. The smallest absolute Gasteiger partial charge is 0.317 e. The fourth-order valence-electron chi connectivity index (χ4n) is 1.79. The second-order valence-electron chi connectivity index (χ2n) is 5.48. The first-order chi connectivity index (χ1) is 8.22. The fourth-order valence-corrected chi connectivity index (χ4v) is 2.26. The lowest BCUT2D eigenvalue weighted by Gasteiger charge is -2.32. The molecule has 6 heteroatoms. The molecular formula is C12H24N2O3S. The Kier molecular flexibility index (Phi) is 5.01. The number of nitrogens with one attached hydrogen (secondary N) is 1. The number of rotatable bonds is 6. The zero-order valence-corrected chi connectivity index (χ0v) is 12.5. The van der Waals surface area contributed by atoms with Crippen molar-refractivity contribution in [3.63, 3.8) is 0 Å². The second kappa shape index (κ2) is 5.91. The van der Waals surface area contributed by atoms with E-state index in [2.05, 4.69) is 19.2 Å². The number of urea groups is 1. The van der Waals surface area contributed by atoms with Crippen LogP contribution in [-0.4, -0.2) is 50.0 Å².